The Morgan fingerprint density at radius 1 is 1.56 bits per heavy atom. The number of amides is 1. The Morgan fingerprint density at radius 2 is 2.22 bits per heavy atom. The lowest BCUT2D eigenvalue weighted by Crippen LogP contribution is -2.47. The van der Waals surface area contributed by atoms with Gasteiger partial charge < -0.3 is 16.2 Å². The molecule has 1 saturated carbocycles. The normalized spacial score (nSPS) is 28.9. The highest BCUT2D eigenvalue weighted by atomic mass is 16.4. The molecule has 0 aromatic heterocycles. The summed E-state index contributed by atoms with van der Waals surface area (Å²) in [6.45, 7) is 3.63. The maximum absolute atomic E-state index is 11.7. The fourth-order valence-corrected chi connectivity index (χ4v) is 2.50. The van der Waals surface area contributed by atoms with Crippen molar-refractivity contribution < 1.29 is 14.7 Å². The second-order valence-corrected chi connectivity index (χ2v) is 5.60. The molecular weight excluding hydrogens is 232 g/mol. The first-order valence-corrected chi connectivity index (χ1v) is 6.64. The van der Waals surface area contributed by atoms with Crippen LogP contribution in [0.25, 0.3) is 0 Å². The summed E-state index contributed by atoms with van der Waals surface area (Å²) >= 11 is 0. The van der Waals surface area contributed by atoms with E-state index >= 15 is 0 Å². The first kappa shape index (κ1) is 15.0. The Labute approximate surface area is 108 Å². The van der Waals surface area contributed by atoms with Crippen molar-refractivity contribution in [2.24, 2.45) is 11.1 Å². The standard InChI is InChI=1S/C13H24N2O3/c1-9(14)5-3-7-11(16)15-10-6-4-8-13(10,2)12(17)18/h9-10H,3-8,14H2,1-2H3,(H,15,16)(H,17,18). The maximum Gasteiger partial charge on any atom is 0.311 e. The second-order valence-electron chi connectivity index (χ2n) is 5.60. The highest BCUT2D eigenvalue weighted by molar-refractivity contribution is 5.80. The van der Waals surface area contributed by atoms with Crippen molar-refractivity contribution in [2.45, 2.75) is 64.5 Å². The third kappa shape index (κ3) is 3.70. The van der Waals surface area contributed by atoms with Crippen LogP contribution in [-0.2, 0) is 9.59 Å². The minimum Gasteiger partial charge on any atom is -0.481 e. The third-order valence-electron chi connectivity index (χ3n) is 3.85. The van der Waals surface area contributed by atoms with Crippen LogP contribution in [0, 0.1) is 5.41 Å². The molecule has 0 saturated heterocycles. The zero-order chi connectivity index (χ0) is 13.8. The van der Waals surface area contributed by atoms with Gasteiger partial charge in [-0.05, 0) is 39.5 Å². The van der Waals surface area contributed by atoms with Gasteiger partial charge in [-0.25, -0.2) is 0 Å². The van der Waals surface area contributed by atoms with E-state index in [1.54, 1.807) is 6.92 Å². The van der Waals surface area contributed by atoms with Gasteiger partial charge in [-0.2, -0.15) is 0 Å². The molecule has 3 unspecified atom stereocenters. The van der Waals surface area contributed by atoms with Gasteiger partial charge in [0.15, 0.2) is 0 Å². The number of hydrogen-bond donors (Lipinski definition) is 3. The number of aliphatic carboxylic acids is 1. The molecule has 4 N–H and O–H groups in total. The van der Waals surface area contributed by atoms with E-state index in [0.717, 1.165) is 25.7 Å². The van der Waals surface area contributed by atoms with Gasteiger partial charge in [-0.15, -0.1) is 0 Å². The molecule has 1 aliphatic carbocycles. The van der Waals surface area contributed by atoms with Crippen LogP contribution in [0.1, 0.15) is 52.4 Å². The van der Waals surface area contributed by atoms with E-state index in [4.69, 9.17) is 5.73 Å². The largest absolute Gasteiger partial charge is 0.481 e. The molecule has 18 heavy (non-hydrogen) atoms. The summed E-state index contributed by atoms with van der Waals surface area (Å²) in [6, 6.07) is -0.133. The summed E-state index contributed by atoms with van der Waals surface area (Å²) in [6.07, 6.45) is 4.23. The third-order valence-corrected chi connectivity index (χ3v) is 3.85. The Bertz CT molecular complexity index is 317. The predicted molar refractivity (Wildman–Crippen MR) is 69.0 cm³/mol. The number of nitrogens with one attached hydrogen (secondary N) is 1. The zero-order valence-electron chi connectivity index (χ0n) is 11.2. The summed E-state index contributed by atoms with van der Waals surface area (Å²) in [5.74, 6) is -0.879. The molecule has 0 aromatic rings. The number of hydrogen-bond acceptors (Lipinski definition) is 3. The monoisotopic (exact) mass is 256 g/mol. The van der Waals surface area contributed by atoms with Gasteiger partial charge in [0.1, 0.15) is 0 Å². The molecule has 0 aromatic carbocycles. The highest BCUT2D eigenvalue weighted by Gasteiger charge is 2.45. The lowest BCUT2D eigenvalue weighted by molar-refractivity contribution is -0.149. The molecule has 5 heteroatoms. The number of nitrogens with two attached hydrogens (primary N) is 1. The molecule has 0 radical (unpaired) electrons. The number of carboxylic acid groups (broad SMARTS) is 1. The van der Waals surface area contributed by atoms with Gasteiger partial charge >= 0.3 is 5.97 Å². The molecule has 0 aliphatic heterocycles. The van der Waals surface area contributed by atoms with Crippen LogP contribution < -0.4 is 11.1 Å². The van der Waals surface area contributed by atoms with E-state index in [-0.39, 0.29) is 18.0 Å². The van der Waals surface area contributed by atoms with Crippen LogP contribution in [-0.4, -0.2) is 29.1 Å². The van der Waals surface area contributed by atoms with Crippen molar-refractivity contribution >= 4 is 11.9 Å². The average molecular weight is 256 g/mol. The lowest BCUT2D eigenvalue weighted by Gasteiger charge is -2.27. The van der Waals surface area contributed by atoms with Crippen molar-refractivity contribution in [3.05, 3.63) is 0 Å². The summed E-state index contributed by atoms with van der Waals surface area (Å²) < 4.78 is 0. The minimum absolute atomic E-state index is 0.0602. The van der Waals surface area contributed by atoms with Crippen LogP contribution in [0.15, 0.2) is 0 Å². The molecule has 0 heterocycles. The van der Waals surface area contributed by atoms with Gasteiger partial charge in [0.05, 0.1) is 5.41 Å². The number of rotatable bonds is 6. The van der Waals surface area contributed by atoms with Gasteiger partial charge in [0.2, 0.25) is 5.91 Å². The van der Waals surface area contributed by atoms with Gasteiger partial charge in [-0.1, -0.05) is 6.42 Å². The SMILES string of the molecule is CC(N)CCCC(=O)NC1CCCC1(C)C(=O)O. The minimum atomic E-state index is -0.819. The van der Waals surface area contributed by atoms with Crippen molar-refractivity contribution in [3.63, 3.8) is 0 Å². The maximum atomic E-state index is 11.7. The smallest absolute Gasteiger partial charge is 0.311 e. The fraction of sp³-hybridized carbons (Fsp3) is 0.846. The molecule has 1 amide bonds. The van der Waals surface area contributed by atoms with Gasteiger partial charge in [-0.3, -0.25) is 9.59 Å². The first-order chi connectivity index (χ1) is 8.36. The Balaban J connectivity index is 2.42. The van der Waals surface area contributed by atoms with Gasteiger partial charge in [0.25, 0.3) is 0 Å². The Kier molecular flexibility index (Phi) is 5.14. The fourth-order valence-electron chi connectivity index (χ4n) is 2.50. The van der Waals surface area contributed by atoms with Gasteiger partial charge in [0, 0.05) is 18.5 Å². The molecule has 1 fully saturated rings. The van der Waals surface area contributed by atoms with Crippen LogP contribution >= 0.6 is 0 Å². The molecule has 104 valence electrons. The molecule has 1 aliphatic rings. The van der Waals surface area contributed by atoms with Crippen LogP contribution in [0.3, 0.4) is 0 Å². The van der Waals surface area contributed by atoms with E-state index in [1.807, 2.05) is 6.92 Å². The van der Waals surface area contributed by atoms with Crippen LogP contribution in [0.4, 0.5) is 0 Å². The van der Waals surface area contributed by atoms with Crippen molar-refractivity contribution in [1.82, 2.24) is 5.32 Å². The molecule has 0 bridgehead atoms. The summed E-state index contributed by atoms with van der Waals surface area (Å²) in [7, 11) is 0. The predicted octanol–water partition coefficient (Wildman–Crippen LogP) is 1.26. The summed E-state index contributed by atoms with van der Waals surface area (Å²) in [5, 5.41) is 12.1. The summed E-state index contributed by atoms with van der Waals surface area (Å²) in [4.78, 5) is 23.0. The topological polar surface area (TPSA) is 92.4 Å². The molecule has 5 nitrogen and oxygen atoms in total. The van der Waals surface area contributed by atoms with Crippen molar-refractivity contribution in [3.8, 4) is 0 Å². The zero-order valence-corrected chi connectivity index (χ0v) is 11.2. The molecule has 1 rings (SSSR count). The number of carbonyl (C=O) groups is 2. The second kappa shape index (κ2) is 6.18. The highest BCUT2D eigenvalue weighted by Crippen LogP contribution is 2.38. The van der Waals surface area contributed by atoms with E-state index in [0.29, 0.717) is 12.8 Å². The van der Waals surface area contributed by atoms with Crippen LogP contribution in [0.2, 0.25) is 0 Å². The average Bonchev–Trinajstić information content (AvgIpc) is 2.61. The van der Waals surface area contributed by atoms with E-state index in [9.17, 15) is 14.7 Å². The van der Waals surface area contributed by atoms with Crippen molar-refractivity contribution in [2.75, 3.05) is 0 Å². The Morgan fingerprint density at radius 3 is 2.78 bits per heavy atom. The van der Waals surface area contributed by atoms with E-state index in [1.165, 1.54) is 0 Å². The molecule has 3 atom stereocenters. The molecule has 0 spiro atoms. The molecular formula is C13H24N2O3. The number of carbonyl (C=O) groups excluding carboxylic acids is 1. The first-order valence-electron chi connectivity index (χ1n) is 6.64. The Hall–Kier alpha value is -1.10. The lowest BCUT2D eigenvalue weighted by atomic mass is 9.85. The van der Waals surface area contributed by atoms with E-state index < -0.39 is 11.4 Å². The number of carboxylic acids is 1. The quantitative estimate of drug-likeness (QED) is 0.667. The summed E-state index contributed by atoms with van der Waals surface area (Å²) in [5.41, 5.74) is 4.81. The van der Waals surface area contributed by atoms with E-state index in [2.05, 4.69) is 5.32 Å². The van der Waals surface area contributed by atoms with Crippen molar-refractivity contribution in [1.29, 1.82) is 0 Å². The van der Waals surface area contributed by atoms with Crippen LogP contribution in [0.5, 0.6) is 0 Å².